The fraction of sp³-hybridized carbons (Fsp3) is 0.857. The number of carbonyl (C=O) groups is 1. The van der Waals surface area contributed by atoms with Crippen LogP contribution in [-0.2, 0) is 14.3 Å². The number of rotatable bonds is 2. The average Bonchev–Trinajstić information content (AvgIpc) is 2.04. The lowest BCUT2D eigenvalue weighted by atomic mass is 10.7. The van der Waals surface area contributed by atoms with Gasteiger partial charge in [-0.1, -0.05) is 0 Å². The normalized spacial score (nSPS) is 8.55. The van der Waals surface area contributed by atoms with E-state index in [1.54, 1.807) is 21.3 Å². The van der Waals surface area contributed by atoms with Gasteiger partial charge in [0.25, 0.3) is 0 Å². The summed E-state index contributed by atoms with van der Waals surface area (Å²) in [7, 11) is 4.81. The highest BCUT2D eigenvalue weighted by Gasteiger charge is 1.87. The van der Waals surface area contributed by atoms with Gasteiger partial charge in [-0.3, -0.25) is 4.79 Å². The van der Waals surface area contributed by atoms with E-state index >= 15 is 0 Å². The highest BCUT2D eigenvalue weighted by molar-refractivity contribution is 5.72. The number of carbonyl (C=O) groups excluding carboxylic acids is 1. The van der Waals surface area contributed by atoms with Crippen LogP contribution in [0.4, 0.5) is 0 Å². The second kappa shape index (κ2) is 9.39. The fourth-order valence-electron chi connectivity index (χ4n) is 0.0962. The fourth-order valence-corrected chi connectivity index (χ4v) is 0.0962. The van der Waals surface area contributed by atoms with E-state index in [0.29, 0.717) is 0 Å². The molecule has 0 spiro atoms. The highest BCUT2D eigenvalue weighted by Crippen LogP contribution is 1.82. The first kappa shape index (κ1) is 13.0. The van der Waals surface area contributed by atoms with Crippen molar-refractivity contribution in [3.63, 3.8) is 0 Å². The topological polar surface area (TPSA) is 47.6 Å². The van der Waals surface area contributed by atoms with Gasteiger partial charge in [0.15, 0.2) is 6.29 Å². The molecule has 0 unspecified atom stereocenters. The SMILES string of the molecule is CNC(C)=O.COC(C)OC. The summed E-state index contributed by atoms with van der Waals surface area (Å²) in [5, 5.41) is 2.39. The van der Waals surface area contributed by atoms with Crippen LogP contribution in [0.3, 0.4) is 0 Å². The first-order valence-corrected chi connectivity index (χ1v) is 3.32. The Hall–Kier alpha value is -0.610. The van der Waals surface area contributed by atoms with E-state index in [2.05, 4.69) is 14.8 Å². The molecule has 11 heavy (non-hydrogen) atoms. The first-order chi connectivity index (χ1) is 5.08. The van der Waals surface area contributed by atoms with Gasteiger partial charge in [-0.25, -0.2) is 0 Å². The van der Waals surface area contributed by atoms with Crippen LogP contribution in [0.25, 0.3) is 0 Å². The Morgan fingerprint density at radius 3 is 1.64 bits per heavy atom. The van der Waals surface area contributed by atoms with E-state index in [0.717, 1.165) is 0 Å². The molecule has 0 aromatic heterocycles. The predicted molar refractivity (Wildman–Crippen MR) is 43.2 cm³/mol. The van der Waals surface area contributed by atoms with Crippen LogP contribution in [0, 0.1) is 0 Å². The van der Waals surface area contributed by atoms with Gasteiger partial charge in [0.1, 0.15) is 0 Å². The summed E-state index contributed by atoms with van der Waals surface area (Å²) in [6.07, 6.45) is -0.0648. The molecule has 4 nitrogen and oxygen atoms in total. The third-order valence-corrected chi connectivity index (χ3v) is 1.02. The van der Waals surface area contributed by atoms with Crippen LogP contribution in [0.15, 0.2) is 0 Å². The quantitative estimate of drug-likeness (QED) is 0.598. The molecule has 0 heterocycles. The van der Waals surface area contributed by atoms with Gasteiger partial charge >= 0.3 is 0 Å². The van der Waals surface area contributed by atoms with Gasteiger partial charge in [0.05, 0.1) is 0 Å². The van der Waals surface area contributed by atoms with Gasteiger partial charge in [-0.15, -0.1) is 0 Å². The summed E-state index contributed by atoms with van der Waals surface area (Å²) in [6, 6.07) is 0. The molecule has 0 aliphatic heterocycles. The monoisotopic (exact) mass is 163 g/mol. The molecule has 0 saturated heterocycles. The molecule has 0 aromatic carbocycles. The molecule has 0 radical (unpaired) electrons. The Balaban J connectivity index is 0. The predicted octanol–water partition coefficient (Wildman–Crippen LogP) is 0.377. The number of hydrogen-bond donors (Lipinski definition) is 1. The second-order valence-corrected chi connectivity index (χ2v) is 1.85. The van der Waals surface area contributed by atoms with Crippen molar-refractivity contribution < 1.29 is 14.3 Å². The van der Waals surface area contributed by atoms with Crippen LogP contribution in [0.1, 0.15) is 13.8 Å². The maximum Gasteiger partial charge on any atom is 0.216 e. The molecule has 0 atom stereocenters. The van der Waals surface area contributed by atoms with Crippen molar-refractivity contribution in [3.8, 4) is 0 Å². The van der Waals surface area contributed by atoms with E-state index in [1.165, 1.54) is 6.92 Å². The second-order valence-electron chi connectivity index (χ2n) is 1.85. The lowest BCUT2D eigenvalue weighted by molar-refractivity contribution is -0.118. The smallest absolute Gasteiger partial charge is 0.216 e. The molecule has 68 valence electrons. The van der Waals surface area contributed by atoms with E-state index in [-0.39, 0.29) is 12.2 Å². The number of methoxy groups -OCH3 is 2. The molecule has 0 aromatic rings. The number of hydrogen-bond acceptors (Lipinski definition) is 3. The average molecular weight is 163 g/mol. The maximum atomic E-state index is 9.70. The molecule has 0 saturated carbocycles. The van der Waals surface area contributed by atoms with Crippen molar-refractivity contribution in [1.82, 2.24) is 5.32 Å². The summed E-state index contributed by atoms with van der Waals surface area (Å²) in [5.74, 6) is 0.00463. The zero-order valence-electron chi connectivity index (χ0n) is 7.80. The van der Waals surface area contributed by atoms with Gasteiger partial charge in [-0.05, 0) is 6.92 Å². The molecule has 0 aliphatic carbocycles. The third-order valence-electron chi connectivity index (χ3n) is 1.02. The van der Waals surface area contributed by atoms with Gasteiger partial charge in [-0.2, -0.15) is 0 Å². The summed E-state index contributed by atoms with van der Waals surface area (Å²) >= 11 is 0. The van der Waals surface area contributed by atoms with Crippen molar-refractivity contribution in [3.05, 3.63) is 0 Å². The molecule has 1 N–H and O–H groups in total. The minimum atomic E-state index is -0.0648. The molecular weight excluding hydrogens is 146 g/mol. The van der Waals surface area contributed by atoms with Crippen molar-refractivity contribution in [1.29, 1.82) is 0 Å². The zero-order valence-corrected chi connectivity index (χ0v) is 7.80. The molecular formula is C7H17NO3. The number of amides is 1. The Kier molecular flexibility index (Phi) is 11.1. The zero-order chi connectivity index (χ0) is 9.28. The van der Waals surface area contributed by atoms with E-state index < -0.39 is 0 Å². The van der Waals surface area contributed by atoms with E-state index in [1.807, 2.05) is 6.92 Å². The summed E-state index contributed by atoms with van der Waals surface area (Å²) in [4.78, 5) is 9.70. The van der Waals surface area contributed by atoms with Crippen molar-refractivity contribution in [2.45, 2.75) is 20.1 Å². The van der Waals surface area contributed by atoms with Crippen LogP contribution in [0.5, 0.6) is 0 Å². The van der Waals surface area contributed by atoms with Crippen molar-refractivity contribution in [2.75, 3.05) is 21.3 Å². The molecule has 4 heteroatoms. The van der Waals surface area contributed by atoms with Crippen LogP contribution in [0.2, 0.25) is 0 Å². The standard InChI is InChI=1S/C4H10O2.C3H7NO/c1-4(5-2)6-3;1-3(5)4-2/h4H,1-3H3;1-2H3,(H,4,5). The Bertz CT molecular complexity index is 91.7. The van der Waals surface area contributed by atoms with Crippen LogP contribution < -0.4 is 5.32 Å². The Labute approximate surface area is 67.9 Å². The minimum absolute atomic E-state index is 0.00463. The van der Waals surface area contributed by atoms with Crippen molar-refractivity contribution >= 4 is 5.91 Å². The lowest BCUT2D eigenvalue weighted by Crippen LogP contribution is -2.11. The van der Waals surface area contributed by atoms with Gasteiger partial charge in [0.2, 0.25) is 5.91 Å². The molecule has 0 fully saturated rings. The van der Waals surface area contributed by atoms with E-state index in [4.69, 9.17) is 0 Å². The van der Waals surface area contributed by atoms with Crippen molar-refractivity contribution in [2.24, 2.45) is 0 Å². The molecule has 0 rings (SSSR count). The summed E-state index contributed by atoms with van der Waals surface area (Å²) < 4.78 is 9.35. The molecule has 1 amide bonds. The van der Waals surface area contributed by atoms with Gasteiger partial charge < -0.3 is 14.8 Å². The van der Waals surface area contributed by atoms with Crippen LogP contribution in [-0.4, -0.2) is 33.5 Å². The molecule has 0 bridgehead atoms. The lowest BCUT2D eigenvalue weighted by Gasteiger charge is -2.03. The Morgan fingerprint density at radius 1 is 1.36 bits per heavy atom. The van der Waals surface area contributed by atoms with Crippen LogP contribution >= 0.6 is 0 Å². The summed E-state index contributed by atoms with van der Waals surface area (Å²) in [5.41, 5.74) is 0. The Morgan fingerprint density at radius 2 is 1.64 bits per heavy atom. The summed E-state index contributed by atoms with van der Waals surface area (Å²) in [6.45, 7) is 3.31. The first-order valence-electron chi connectivity index (χ1n) is 3.32. The maximum absolute atomic E-state index is 9.70. The minimum Gasteiger partial charge on any atom is -0.359 e. The molecule has 0 aliphatic rings. The van der Waals surface area contributed by atoms with E-state index in [9.17, 15) is 4.79 Å². The van der Waals surface area contributed by atoms with Gasteiger partial charge in [0, 0.05) is 28.2 Å². The number of nitrogens with one attached hydrogen (secondary N) is 1. The number of ether oxygens (including phenoxy) is 2. The third kappa shape index (κ3) is 17.7. The largest absolute Gasteiger partial charge is 0.359 e. The highest BCUT2D eigenvalue weighted by atomic mass is 16.7.